The van der Waals surface area contributed by atoms with Crippen LogP contribution < -0.4 is 14.8 Å². The maximum Gasteiger partial charge on any atom is 0.220 e. The van der Waals surface area contributed by atoms with Crippen molar-refractivity contribution < 1.29 is 14.3 Å². The van der Waals surface area contributed by atoms with Crippen molar-refractivity contribution in [1.82, 2.24) is 5.32 Å². The number of ether oxygens (including phenoxy) is 2. The van der Waals surface area contributed by atoms with E-state index in [0.717, 1.165) is 14.2 Å². The maximum absolute atomic E-state index is 11.9. The van der Waals surface area contributed by atoms with E-state index in [1.807, 2.05) is 30.3 Å². The second-order valence-electron chi connectivity index (χ2n) is 4.67. The Morgan fingerprint density at radius 3 is 2.59 bits per heavy atom. The third-order valence-electron chi connectivity index (χ3n) is 3.18. The fraction of sp³-hybridized carbons (Fsp3) is 0.312. The number of halogens is 1. The van der Waals surface area contributed by atoms with Crippen LogP contribution in [0.15, 0.2) is 34.1 Å². The summed E-state index contributed by atoms with van der Waals surface area (Å²) in [4.78, 5) is 13.0. The van der Waals surface area contributed by atoms with Crippen molar-refractivity contribution in [2.45, 2.75) is 19.4 Å². The molecule has 0 saturated carbocycles. The average molecular weight is 384 g/mol. The number of carbonyl (C=O) groups is 1. The number of benzene rings is 1. The molecule has 1 aromatic carbocycles. The number of rotatable bonds is 7. The van der Waals surface area contributed by atoms with Crippen molar-refractivity contribution in [3.8, 4) is 11.5 Å². The van der Waals surface area contributed by atoms with Crippen LogP contribution in [-0.4, -0.2) is 20.1 Å². The summed E-state index contributed by atoms with van der Waals surface area (Å²) in [5, 5.41) is 2.93. The van der Waals surface area contributed by atoms with E-state index in [0.29, 0.717) is 30.9 Å². The SMILES string of the molecule is COc1ccc(CCC(=O)NCc2ccc(Br)s2)cc1OC. The van der Waals surface area contributed by atoms with Crippen LogP contribution in [0.4, 0.5) is 0 Å². The molecule has 1 amide bonds. The predicted octanol–water partition coefficient (Wildman–Crippen LogP) is 3.78. The molecule has 2 rings (SSSR count). The quantitative estimate of drug-likeness (QED) is 0.791. The third-order valence-corrected chi connectivity index (χ3v) is 4.80. The second-order valence-corrected chi connectivity index (χ2v) is 7.22. The molecular weight excluding hydrogens is 366 g/mol. The molecule has 0 saturated heterocycles. The Morgan fingerprint density at radius 1 is 1.18 bits per heavy atom. The van der Waals surface area contributed by atoms with Crippen LogP contribution in [0.5, 0.6) is 11.5 Å². The number of hydrogen-bond donors (Lipinski definition) is 1. The van der Waals surface area contributed by atoms with Gasteiger partial charge in [0.1, 0.15) is 0 Å². The van der Waals surface area contributed by atoms with Crippen molar-refractivity contribution in [3.05, 3.63) is 44.6 Å². The smallest absolute Gasteiger partial charge is 0.220 e. The molecule has 22 heavy (non-hydrogen) atoms. The zero-order valence-corrected chi connectivity index (χ0v) is 14.9. The Balaban J connectivity index is 1.83. The van der Waals surface area contributed by atoms with Gasteiger partial charge in [0.2, 0.25) is 5.91 Å². The first-order chi connectivity index (χ1) is 10.6. The molecule has 118 valence electrons. The molecular formula is C16H18BrNO3S. The van der Waals surface area contributed by atoms with Crippen LogP contribution in [0.3, 0.4) is 0 Å². The van der Waals surface area contributed by atoms with Gasteiger partial charge in [-0.05, 0) is 52.2 Å². The fourth-order valence-electron chi connectivity index (χ4n) is 2.01. The van der Waals surface area contributed by atoms with Gasteiger partial charge in [0.25, 0.3) is 0 Å². The van der Waals surface area contributed by atoms with E-state index in [-0.39, 0.29) is 5.91 Å². The highest BCUT2D eigenvalue weighted by molar-refractivity contribution is 9.11. The molecule has 0 aliphatic carbocycles. The number of thiophene rings is 1. The molecule has 0 spiro atoms. The minimum Gasteiger partial charge on any atom is -0.493 e. The molecule has 4 nitrogen and oxygen atoms in total. The topological polar surface area (TPSA) is 47.6 Å². The van der Waals surface area contributed by atoms with E-state index in [4.69, 9.17) is 9.47 Å². The molecule has 0 radical (unpaired) electrons. The van der Waals surface area contributed by atoms with E-state index >= 15 is 0 Å². The highest BCUT2D eigenvalue weighted by Gasteiger charge is 2.07. The number of hydrogen-bond acceptors (Lipinski definition) is 4. The monoisotopic (exact) mass is 383 g/mol. The number of methoxy groups -OCH3 is 2. The molecule has 0 aliphatic heterocycles. The van der Waals surface area contributed by atoms with E-state index in [2.05, 4.69) is 21.2 Å². The Kier molecular flexibility index (Phi) is 6.27. The Morgan fingerprint density at radius 2 is 1.95 bits per heavy atom. The largest absolute Gasteiger partial charge is 0.493 e. The van der Waals surface area contributed by atoms with Gasteiger partial charge in [-0.1, -0.05) is 6.07 Å². The van der Waals surface area contributed by atoms with Gasteiger partial charge >= 0.3 is 0 Å². The molecule has 0 unspecified atom stereocenters. The molecule has 1 N–H and O–H groups in total. The van der Waals surface area contributed by atoms with Gasteiger partial charge in [-0.2, -0.15) is 0 Å². The molecule has 0 fully saturated rings. The van der Waals surface area contributed by atoms with E-state index < -0.39 is 0 Å². The lowest BCUT2D eigenvalue weighted by Crippen LogP contribution is -2.22. The van der Waals surface area contributed by atoms with Crippen molar-refractivity contribution in [1.29, 1.82) is 0 Å². The van der Waals surface area contributed by atoms with Gasteiger partial charge < -0.3 is 14.8 Å². The number of aryl methyl sites for hydroxylation is 1. The lowest BCUT2D eigenvalue weighted by molar-refractivity contribution is -0.121. The lowest BCUT2D eigenvalue weighted by Gasteiger charge is -2.09. The number of amides is 1. The summed E-state index contributed by atoms with van der Waals surface area (Å²) in [5.41, 5.74) is 1.05. The van der Waals surface area contributed by atoms with Gasteiger partial charge in [-0.25, -0.2) is 0 Å². The summed E-state index contributed by atoms with van der Waals surface area (Å²) in [6.07, 6.45) is 1.11. The number of nitrogens with one attached hydrogen (secondary N) is 1. The van der Waals surface area contributed by atoms with Gasteiger partial charge in [0.15, 0.2) is 11.5 Å². The minimum atomic E-state index is 0.0410. The van der Waals surface area contributed by atoms with Gasteiger partial charge in [0.05, 0.1) is 24.6 Å². The zero-order chi connectivity index (χ0) is 15.9. The van der Waals surface area contributed by atoms with Crippen LogP contribution in [-0.2, 0) is 17.8 Å². The first kappa shape index (κ1) is 16.8. The summed E-state index contributed by atoms with van der Waals surface area (Å²) in [6, 6.07) is 9.70. The van der Waals surface area contributed by atoms with E-state index in [9.17, 15) is 4.79 Å². The Labute approximate surface area is 142 Å². The minimum absolute atomic E-state index is 0.0410. The van der Waals surface area contributed by atoms with Crippen molar-refractivity contribution in [3.63, 3.8) is 0 Å². The van der Waals surface area contributed by atoms with Crippen LogP contribution in [0.1, 0.15) is 16.9 Å². The maximum atomic E-state index is 11.9. The van der Waals surface area contributed by atoms with E-state index in [1.165, 1.54) is 0 Å². The molecule has 1 aromatic heterocycles. The van der Waals surface area contributed by atoms with E-state index in [1.54, 1.807) is 25.6 Å². The lowest BCUT2D eigenvalue weighted by atomic mass is 10.1. The van der Waals surface area contributed by atoms with Crippen LogP contribution in [0.25, 0.3) is 0 Å². The third kappa shape index (κ3) is 4.74. The van der Waals surface area contributed by atoms with Crippen molar-refractivity contribution in [2.24, 2.45) is 0 Å². The van der Waals surface area contributed by atoms with Crippen LogP contribution >= 0.6 is 27.3 Å². The molecule has 0 aliphatic rings. The fourth-order valence-corrected chi connectivity index (χ4v) is 3.44. The Hall–Kier alpha value is -1.53. The molecule has 1 heterocycles. The van der Waals surface area contributed by atoms with Gasteiger partial charge in [-0.3, -0.25) is 4.79 Å². The van der Waals surface area contributed by atoms with Gasteiger partial charge in [0, 0.05) is 11.3 Å². The highest BCUT2D eigenvalue weighted by atomic mass is 79.9. The highest BCUT2D eigenvalue weighted by Crippen LogP contribution is 2.28. The molecule has 2 aromatic rings. The van der Waals surface area contributed by atoms with Gasteiger partial charge in [-0.15, -0.1) is 11.3 Å². The van der Waals surface area contributed by atoms with Crippen LogP contribution in [0, 0.1) is 0 Å². The predicted molar refractivity (Wildman–Crippen MR) is 91.7 cm³/mol. The molecule has 0 bridgehead atoms. The standard InChI is InChI=1S/C16H18BrNO3S/c1-20-13-6-3-11(9-14(13)21-2)4-8-16(19)18-10-12-5-7-15(17)22-12/h3,5-7,9H,4,8,10H2,1-2H3,(H,18,19). The molecule has 0 atom stereocenters. The normalized spacial score (nSPS) is 10.3. The zero-order valence-electron chi connectivity index (χ0n) is 12.5. The summed E-state index contributed by atoms with van der Waals surface area (Å²) >= 11 is 5.03. The average Bonchev–Trinajstić information content (AvgIpc) is 2.96. The summed E-state index contributed by atoms with van der Waals surface area (Å²) in [6.45, 7) is 0.570. The van der Waals surface area contributed by atoms with Crippen molar-refractivity contribution in [2.75, 3.05) is 14.2 Å². The first-order valence-electron chi connectivity index (χ1n) is 6.84. The Bertz CT molecular complexity index is 642. The number of carbonyl (C=O) groups excluding carboxylic acids is 1. The van der Waals surface area contributed by atoms with Crippen LogP contribution in [0.2, 0.25) is 0 Å². The first-order valence-corrected chi connectivity index (χ1v) is 8.45. The molecule has 6 heteroatoms. The summed E-state index contributed by atoms with van der Waals surface area (Å²) < 4.78 is 11.5. The summed E-state index contributed by atoms with van der Waals surface area (Å²) in [7, 11) is 3.21. The second kappa shape index (κ2) is 8.19. The van der Waals surface area contributed by atoms with Crippen molar-refractivity contribution >= 4 is 33.2 Å². The summed E-state index contributed by atoms with van der Waals surface area (Å²) in [5.74, 6) is 1.42.